The molecule has 20 heavy (non-hydrogen) atoms. The number of carbonyl (C=O) groups is 2. The molecule has 0 fully saturated rings. The number of benzene rings is 1. The molecule has 1 aromatic carbocycles. The molecule has 2 amide bonds. The number of carboxylic acid groups (broad SMARTS) is 1. The molecule has 1 rings (SSSR count). The van der Waals surface area contributed by atoms with Crippen LogP contribution >= 0.6 is 0 Å². The third kappa shape index (κ3) is 4.43. The zero-order valence-electron chi connectivity index (χ0n) is 11.5. The quantitative estimate of drug-likeness (QED) is 0.615. The fraction of sp³-hybridized carbons (Fsp3) is 0.385. The van der Waals surface area contributed by atoms with E-state index in [1.165, 1.54) is 0 Å². The summed E-state index contributed by atoms with van der Waals surface area (Å²) in [5.74, 6) is -1.19. The van der Waals surface area contributed by atoms with Gasteiger partial charge in [0.25, 0.3) is 0 Å². The first-order valence-corrected chi connectivity index (χ1v) is 6.13. The molecule has 0 aliphatic carbocycles. The molecule has 0 radical (unpaired) electrons. The van der Waals surface area contributed by atoms with E-state index < -0.39 is 18.0 Å². The molecule has 0 saturated heterocycles. The van der Waals surface area contributed by atoms with Gasteiger partial charge in [-0.2, -0.15) is 0 Å². The molecule has 1 aromatic rings. The van der Waals surface area contributed by atoms with Gasteiger partial charge in [-0.25, -0.2) is 9.59 Å². The van der Waals surface area contributed by atoms with Crippen molar-refractivity contribution in [2.75, 3.05) is 30.9 Å². The van der Waals surface area contributed by atoms with Gasteiger partial charge in [0.05, 0.1) is 11.4 Å². The van der Waals surface area contributed by atoms with Gasteiger partial charge in [-0.05, 0) is 12.1 Å². The van der Waals surface area contributed by atoms with Crippen LogP contribution in [-0.2, 0) is 4.79 Å². The van der Waals surface area contributed by atoms with Gasteiger partial charge in [0.2, 0.25) is 0 Å². The number of carboxylic acids is 1. The van der Waals surface area contributed by atoms with Crippen LogP contribution in [-0.4, -0.2) is 49.0 Å². The number of rotatable bonds is 6. The minimum atomic E-state index is -1.19. The van der Waals surface area contributed by atoms with Crippen LogP contribution in [0.2, 0.25) is 0 Å². The van der Waals surface area contributed by atoms with Crippen LogP contribution in [0.4, 0.5) is 16.2 Å². The summed E-state index contributed by atoms with van der Waals surface area (Å²) < 4.78 is 0. The number of aliphatic carboxylic acids is 1. The van der Waals surface area contributed by atoms with Crippen molar-refractivity contribution in [3.8, 4) is 0 Å². The standard InChI is InChI=1S/C13H19N3O4/c1-16(2)11-6-4-3-5-9(11)14-13(20)15-10(7-8-17)12(18)19/h3-6,10,17H,7-8H2,1-2H3,(H,18,19)(H2,14,15,20). The van der Waals surface area contributed by atoms with Crippen molar-refractivity contribution in [2.24, 2.45) is 0 Å². The Morgan fingerprint density at radius 1 is 1.30 bits per heavy atom. The maximum atomic E-state index is 11.8. The van der Waals surface area contributed by atoms with Gasteiger partial charge in [0.1, 0.15) is 6.04 Å². The monoisotopic (exact) mass is 281 g/mol. The van der Waals surface area contributed by atoms with Gasteiger partial charge in [-0.15, -0.1) is 0 Å². The maximum Gasteiger partial charge on any atom is 0.326 e. The Morgan fingerprint density at radius 2 is 1.95 bits per heavy atom. The highest BCUT2D eigenvalue weighted by Gasteiger charge is 2.19. The molecule has 110 valence electrons. The van der Waals surface area contributed by atoms with Crippen LogP contribution in [0, 0.1) is 0 Å². The molecule has 0 saturated carbocycles. The van der Waals surface area contributed by atoms with E-state index in [4.69, 9.17) is 10.2 Å². The Bertz CT molecular complexity index is 476. The lowest BCUT2D eigenvalue weighted by Gasteiger charge is -2.19. The van der Waals surface area contributed by atoms with Crippen LogP contribution < -0.4 is 15.5 Å². The van der Waals surface area contributed by atoms with E-state index in [2.05, 4.69) is 10.6 Å². The zero-order valence-corrected chi connectivity index (χ0v) is 11.5. The highest BCUT2D eigenvalue weighted by molar-refractivity contribution is 5.95. The first-order valence-electron chi connectivity index (χ1n) is 6.13. The molecular weight excluding hydrogens is 262 g/mol. The Balaban J connectivity index is 2.73. The van der Waals surface area contributed by atoms with E-state index in [9.17, 15) is 9.59 Å². The number of anilines is 2. The molecule has 0 aliphatic rings. The summed E-state index contributed by atoms with van der Waals surface area (Å²) in [6, 6.07) is 5.41. The van der Waals surface area contributed by atoms with E-state index in [0.29, 0.717) is 5.69 Å². The molecule has 7 nitrogen and oxygen atoms in total. The fourth-order valence-electron chi connectivity index (χ4n) is 1.67. The predicted molar refractivity (Wildman–Crippen MR) is 76.1 cm³/mol. The number of carbonyl (C=O) groups excluding carboxylic acids is 1. The van der Waals surface area contributed by atoms with Crippen molar-refractivity contribution in [1.82, 2.24) is 5.32 Å². The summed E-state index contributed by atoms with van der Waals surface area (Å²) in [5.41, 5.74) is 1.37. The lowest BCUT2D eigenvalue weighted by Crippen LogP contribution is -2.43. The number of aliphatic hydroxyl groups excluding tert-OH is 1. The van der Waals surface area contributed by atoms with Gasteiger partial charge in [0.15, 0.2) is 0 Å². The topological polar surface area (TPSA) is 102 Å². The van der Waals surface area contributed by atoms with Crippen LogP contribution in [0.25, 0.3) is 0 Å². The number of amides is 2. The summed E-state index contributed by atoms with van der Waals surface area (Å²) >= 11 is 0. The number of nitrogens with zero attached hydrogens (tertiary/aromatic N) is 1. The lowest BCUT2D eigenvalue weighted by molar-refractivity contribution is -0.139. The van der Waals surface area contributed by atoms with Crippen molar-refractivity contribution >= 4 is 23.4 Å². The summed E-state index contributed by atoms with van der Waals surface area (Å²) in [6.45, 7) is -0.314. The number of aliphatic hydroxyl groups is 1. The molecule has 0 aromatic heterocycles. The minimum absolute atomic E-state index is 0.0436. The second-order valence-corrected chi connectivity index (χ2v) is 4.41. The number of para-hydroxylation sites is 2. The SMILES string of the molecule is CN(C)c1ccccc1NC(=O)NC(CCO)C(=O)O. The first kappa shape index (κ1) is 15.8. The molecule has 0 aliphatic heterocycles. The second-order valence-electron chi connectivity index (χ2n) is 4.41. The van der Waals surface area contributed by atoms with Crippen molar-refractivity contribution in [1.29, 1.82) is 0 Å². The molecule has 1 atom stereocenters. The zero-order chi connectivity index (χ0) is 15.1. The lowest BCUT2D eigenvalue weighted by atomic mass is 10.2. The normalized spacial score (nSPS) is 11.6. The number of hydrogen-bond donors (Lipinski definition) is 4. The van der Waals surface area contributed by atoms with E-state index in [0.717, 1.165) is 5.69 Å². The fourth-order valence-corrected chi connectivity index (χ4v) is 1.67. The molecule has 1 unspecified atom stereocenters. The first-order chi connectivity index (χ1) is 9.45. The second kappa shape index (κ2) is 7.34. The van der Waals surface area contributed by atoms with Gasteiger partial charge in [-0.1, -0.05) is 12.1 Å². The highest BCUT2D eigenvalue weighted by atomic mass is 16.4. The van der Waals surface area contributed by atoms with Gasteiger partial charge < -0.3 is 25.7 Å². The summed E-state index contributed by atoms with van der Waals surface area (Å²) in [6.07, 6.45) is -0.0436. The van der Waals surface area contributed by atoms with Crippen LogP contribution in [0.5, 0.6) is 0 Å². The van der Waals surface area contributed by atoms with Gasteiger partial charge in [-0.3, -0.25) is 0 Å². The van der Waals surface area contributed by atoms with Crippen LogP contribution in [0.3, 0.4) is 0 Å². The Kier molecular flexibility index (Phi) is 5.79. The van der Waals surface area contributed by atoms with Crippen molar-refractivity contribution in [3.05, 3.63) is 24.3 Å². The smallest absolute Gasteiger partial charge is 0.326 e. The molecule has 7 heteroatoms. The van der Waals surface area contributed by atoms with Crippen molar-refractivity contribution < 1.29 is 19.8 Å². The Morgan fingerprint density at radius 3 is 2.50 bits per heavy atom. The van der Waals surface area contributed by atoms with E-state index >= 15 is 0 Å². The molecule has 0 spiro atoms. The Labute approximate surface area is 117 Å². The summed E-state index contributed by atoms with van der Waals surface area (Å²) in [7, 11) is 3.68. The largest absolute Gasteiger partial charge is 0.480 e. The third-order valence-electron chi connectivity index (χ3n) is 2.66. The van der Waals surface area contributed by atoms with Crippen LogP contribution in [0.15, 0.2) is 24.3 Å². The van der Waals surface area contributed by atoms with E-state index in [-0.39, 0.29) is 13.0 Å². The molecule has 0 bridgehead atoms. The summed E-state index contributed by atoms with van der Waals surface area (Å²) in [4.78, 5) is 24.5. The van der Waals surface area contributed by atoms with Gasteiger partial charge >= 0.3 is 12.0 Å². The molecule has 0 heterocycles. The van der Waals surface area contributed by atoms with Crippen molar-refractivity contribution in [2.45, 2.75) is 12.5 Å². The van der Waals surface area contributed by atoms with E-state index in [1.807, 2.05) is 31.1 Å². The van der Waals surface area contributed by atoms with Crippen molar-refractivity contribution in [3.63, 3.8) is 0 Å². The number of urea groups is 1. The Hall–Kier alpha value is -2.28. The van der Waals surface area contributed by atoms with E-state index in [1.54, 1.807) is 12.1 Å². The predicted octanol–water partition coefficient (Wildman–Crippen LogP) is 0.710. The number of hydrogen-bond acceptors (Lipinski definition) is 4. The maximum absolute atomic E-state index is 11.8. The van der Waals surface area contributed by atoms with Gasteiger partial charge in [0, 0.05) is 27.1 Å². The molecular formula is C13H19N3O4. The highest BCUT2D eigenvalue weighted by Crippen LogP contribution is 2.23. The average molecular weight is 281 g/mol. The summed E-state index contributed by atoms with van der Waals surface area (Å²) in [5, 5.41) is 22.6. The minimum Gasteiger partial charge on any atom is -0.480 e. The van der Waals surface area contributed by atoms with Crippen LogP contribution in [0.1, 0.15) is 6.42 Å². The number of nitrogens with one attached hydrogen (secondary N) is 2. The third-order valence-corrected chi connectivity index (χ3v) is 2.66. The average Bonchev–Trinajstić information content (AvgIpc) is 2.38. The molecule has 4 N–H and O–H groups in total.